The van der Waals surface area contributed by atoms with Crippen LogP contribution in [0.25, 0.3) is 0 Å². The van der Waals surface area contributed by atoms with Crippen LogP contribution in [-0.2, 0) is 0 Å². The Morgan fingerprint density at radius 3 is 2.62 bits per heavy atom. The molecule has 0 spiro atoms. The number of nitrogens with zero attached hydrogens (tertiary/aromatic N) is 2. The number of aliphatic hydroxyl groups is 1. The first-order chi connectivity index (χ1) is 7.77. The van der Waals surface area contributed by atoms with Gasteiger partial charge in [-0.3, -0.25) is 0 Å². The van der Waals surface area contributed by atoms with E-state index in [2.05, 4.69) is 17.1 Å². The molecular weight excluding hydrogens is 204 g/mol. The van der Waals surface area contributed by atoms with Gasteiger partial charge in [0.1, 0.15) is 0 Å². The number of methoxy groups -OCH3 is 1. The van der Waals surface area contributed by atoms with Crippen LogP contribution in [-0.4, -0.2) is 22.4 Å². The summed E-state index contributed by atoms with van der Waals surface area (Å²) < 4.78 is 4.91. The zero-order valence-corrected chi connectivity index (χ0v) is 10.0. The van der Waals surface area contributed by atoms with Gasteiger partial charge < -0.3 is 9.84 Å². The Hall–Kier alpha value is -1.16. The molecule has 0 saturated heterocycles. The van der Waals surface area contributed by atoms with Crippen molar-refractivity contribution in [2.75, 3.05) is 7.11 Å². The van der Waals surface area contributed by atoms with Crippen molar-refractivity contribution in [1.82, 2.24) is 10.2 Å². The standard InChI is InChI=1S/C12H20N2O2/c1-3-4-5-6-7-11(15)10-8-9-12(16-2)14-13-10/h8-9,11,15H,3-7H2,1-2H3. The van der Waals surface area contributed by atoms with E-state index in [4.69, 9.17) is 4.74 Å². The second kappa shape index (κ2) is 7.17. The maximum atomic E-state index is 9.84. The predicted molar refractivity (Wildman–Crippen MR) is 62.3 cm³/mol. The molecule has 0 aromatic carbocycles. The van der Waals surface area contributed by atoms with E-state index >= 15 is 0 Å². The normalized spacial score (nSPS) is 12.4. The number of hydrogen-bond donors (Lipinski definition) is 1. The van der Waals surface area contributed by atoms with E-state index in [0.717, 1.165) is 19.3 Å². The van der Waals surface area contributed by atoms with E-state index in [1.165, 1.54) is 12.8 Å². The summed E-state index contributed by atoms with van der Waals surface area (Å²) in [7, 11) is 1.55. The Morgan fingerprint density at radius 2 is 2.06 bits per heavy atom. The van der Waals surface area contributed by atoms with E-state index in [-0.39, 0.29) is 0 Å². The Kier molecular flexibility index (Phi) is 5.78. The fraction of sp³-hybridized carbons (Fsp3) is 0.667. The SMILES string of the molecule is CCCCCCC(O)c1ccc(OC)nn1. The van der Waals surface area contributed by atoms with Gasteiger partial charge in [-0.15, -0.1) is 10.2 Å². The minimum absolute atomic E-state index is 0.474. The number of rotatable bonds is 7. The molecule has 0 aliphatic rings. The van der Waals surface area contributed by atoms with Crippen molar-refractivity contribution in [3.63, 3.8) is 0 Å². The molecule has 1 unspecified atom stereocenters. The fourth-order valence-corrected chi connectivity index (χ4v) is 1.53. The topological polar surface area (TPSA) is 55.2 Å². The van der Waals surface area contributed by atoms with Gasteiger partial charge in [-0.1, -0.05) is 32.6 Å². The summed E-state index contributed by atoms with van der Waals surface area (Å²) in [5, 5.41) is 17.6. The molecule has 1 atom stereocenters. The molecule has 4 heteroatoms. The lowest BCUT2D eigenvalue weighted by Crippen LogP contribution is -2.02. The van der Waals surface area contributed by atoms with Gasteiger partial charge in [-0.05, 0) is 12.5 Å². The van der Waals surface area contributed by atoms with E-state index in [1.54, 1.807) is 19.2 Å². The van der Waals surface area contributed by atoms with Crippen LogP contribution in [0, 0.1) is 0 Å². The van der Waals surface area contributed by atoms with E-state index in [1.807, 2.05) is 0 Å². The second-order valence-electron chi connectivity index (χ2n) is 3.87. The Balaban J connectivity index is 2.37. The predicted octanol–water partition coefficient (Wildman–Crippen LogP) is 2.49. The zero-order valence-electron chi connectivity index (χ0n) is 10.0. The Morgan fingerprint density at radius 1 is 1.25 bits per heavy atom. The average molecular weight is 224 g/mol. The molecule has 16 heavy (non-hydrogen) atoms. The van der Waals surface area contributed by atoms with Crippen LogP contribution in [0.4, 0.5) is 0 Å². The summed E-state index contributed by atoms with van der Waals surface area (Å²) >= 11 is 0. The van der Waals surface area contributed by atoms with Gasteiger partial charge in [0.15, 0.2) is 0 Å². The van der Waals surface area contributed by atoms with Crippen molar-refractivity contribution in [3.05, 3.63) is 17.8 Å². The lowest BCUT2D eigenvalue weighted by atomic mass is 10.1. The molecule has 1 aromatic rings. The van der Waals surface area contributed by atoms with Crippen molar-refractivity contribution in [2.24, 2.45) is 0 Å². The van der Waals surface area contributed by atoms with Gasteiger partial charge in [-0.25, -0.2) is 0 Å². The maximum Gasteiger partial charge on any atom is 0.233 e. The zero-order chi connectivity index (χ0) is 11.8. The van der Waals surface area contributed by atoms with Crippen molar-refractivity contribution >= 4 is 0 Å². The molecule has 90 valence electrons. The number of hydrogen-bond acceptors (Lipinski definition) is 4. The molecule has 1 heterocycles. The van der Waals surface area contributed by atoms with Crippen LogP contribution in [0.1, 0.15) is 50.8 Å². The molecule has 4 nitrogen and oxygen atoms in total. The largest absolute Gasteiger partial charge is 0.480 e. The minimum atomic E-state index is -0.504. The van der Waals surface area contributed by atoms with E-state index < -0.39 is 6.10 Å². The molecule has 0 aliphatic heterocycles. The monoisotopic (exact) mass is 224 g/mol. The minimum Gasteiger partial charge on any atom is -0.480 e. The van der Waals surface area contributed by atoms with Crippen molar-refractivity contribution < 1.29 is 9.84 Å². The van der Waals surface area contributed by atoms with Gasteiger partial charge in [0, 0.05) is 6.07 Å². The fourth-order valence-electron chi connectivity index (χ4n) is 1.53. The molecule has 0 radical (unpaired) electrons. The first-order valence-corrected chi connectivity index (χ1v) is 5.83. The smallest absolute Gasteiger partial charge is 0.233 e. The highest BCUT2D eigenvalue weighted by Crippen LogP contribution is 2.18. The number of ether oxygens (including phenoxy) is 1. The van der Waals surface area contributed by atoms with Crippen LogP contribution in [0.15, 0.2) is 12.1 Å². The third kappa shape index (κ3) is 4.14. The van der Waals surface area contributed by atoms with Crippen molar-refractivity contribution in [2.45, 2.75) is 45.1 Å². The van der Waals surface area contributed by atoms with Crippen LogP contribution in [0.5, 0.6) is 5.88 Å². The third-order valence-electron chi connectivity index (χ3n) is 2.54. The lowest BCUT2D eigenvalue weighted by molar-refractivity contribution is 0.157. The maximum absolute atomic E-state index is 9.84. The first-order valence-electron chi connectivity index (χ1n) is 5.83. The number of aromatic nitrogens is 2. The average Bonchev–Trinajstić information content (AvgIpc) is 2.34. The highest BCUT2D eigenvalue weighted by Gasteiger charge is 2.09. The van der Waals surface area contributed by atoms with Crippen LogP contribution in [0.2, 0.25) is 0 Å². The highest BCUT2D eigenvalue weighted by molar-refractivity contribution is 5.12. The molecule has 1 aromatic heterocycles. The molecule has 0 saturated carbocycles. The van der Waals surface area contributed by atoms with Gasteiger partial charge in [0.25, 0.3) is 0 Å². The summed E-state index contributed by atoms with van der Waals surface area (Å²) in [6.07, 6.45) is 4.87. The Labute approximate surface area is 96.7 Å². The van der Waals surface area contributed by atoms with E-state index in [9.17, 15) is 5.11 Å². The summed E-state index contributed by atoms with van der Waals surface area (Å²) in [4.78, 5) is 0. The van der Waals surface area contributed by atoms with Gasteiger partial charge in [0.05, 0.1) is 18.9 Å². The summed E-state index contributed by atoms with van der Waals surface area (Å²) in [6, 6.07) is 3.48. The second-order valence-corrected chi connectivity index (χ2v) is 3.87. The molecule has 0 bridgehead atoms. The molecular formula is C12H20N2O2. The Bertz CT molecular complexity index is 288. The van der Waals surface area contributed by atoms with Gasteiger partial charge in [-0.2, -0.15) is 0 Å². The summed E-state index contributed by atoms with van der Waals surface area (Å²) in [6.45, 7) is 2.17. The number of unbranched alkanes of at least 4 members (excludes halogenated alkanes) is 3. The molecule has 0 fully saturated rings. The molecule has 0 amide bonds. The molecule has 1 rings (SSSR count). The van der Waals surface area contributed by atoms with Gasteiger partial charge in [0.2, 0.25) is 5.88 Å². The van der Waals surface area contributed by atoms with Crippen molar-refractivity contribution in [1.29, 1.82) is 0 Å². The summed E-state index contributed by atoms with van der Waals surface area (Å²) in [5.74, 6) is 0.474. The first kappa shape index (κ1) is 12.9. The quantitative estimate of drug-likeness (QED) is 0.723. The summed E-state index contributed by atoms with van der Waals surface area (Å²) in [5.41, 5.74) is 0.622. The van der Waals surface area contributed by atoms with E-state index in [0.29, 0.717) is 11.6 Å². The lowest BCUT2D eigenvalue weighted by Gasteiger charge is -2.09. The number of aliphatic hydroxyl groups excluding tert-OH is 1. The van der Waals surface area contributed by atoms with Crippen molar-refractivity contribution in [3.8, 4) is 5.88 Å². The highest BCUT2D eigenvalue weighted by atomic mass is 16.5. The molecule has 1 N–H and O–H groups in total. The van der Waals surface area contributed by atoms with Gasteiger partial charge >= 0.3 is 0 Å². The molecule has 0 aliphatic carbocycles. The van der Waals surface area contributed by atoms with Crippen LogP contribution in [0.3, 0.4) is 0 Å². The van der Waals surface area contributed by atoms with Crippen LogP contribution < -0.4 is 4.74 Å². The van der Waals surface area contributed by atoms with Crippen LogP contribution >= 0.6 is 0 Å². The third-order valence-corrected chi connectivity index (χ3v) is 2.54.